The van der Waals surface area contributed by atoms with E-state index in [1.807, 2.05) is 19.9 Å². The van der Waals surface area contributed by atoms with Gasteiger partial charge in [-0.25, -0.2) is 4.79 Å². The van der Waals surface area contributed by atoms with Crippen LogP contribution in [0.1, 0.15) is 40.0 Å². The predicted octanol–water partition coefficient (Wildman–Crippen LogP) is 1.51. The molecule has 19 heavy (non-hydrogen) atoms. The van der Waals surface area contributed by atoms with Crippen LogP contribution in [0.25, 0.3) is 0 Å². The van der Waals surface area contributed by atoms with E-state index < -0.39 is 5.79 Å². The predicted molar refractivity (Wildman–Crippen MR) is 70.4 cm³/mol. The van der Waals surface area contributed by atoms with Crippen molar-refractivity contribution in [2.75, 3.05) is 6.61 Å². The molecule has 1 fully saturated rings. The summed E-state index contributed by atoms with van der Waals surface area (Å²) in [6, 6.07) is -0.227. The van der Waals surface area contributed by atoms with Crippen LogP contribution in [0, 0.1) is 0 Å². The minimum absolute atomic E-state index is 0.168. The lowest BCUT2D eigenvalue weighted by molar-refractivity contribution is -0.177. The van der Waals surface area contributed by atoms with Crippen molar-refractivity contribution in [2.24, 2.45) is 5.73 Å². The summed E-state index contributed by atoms with van der Waals surface area (Å²) in [5, 5.41) is 0. The van der Waals surface area contributed by atoms with E-state index in [1.165, 1.54) is 0 Å². The first-order valence-electron chi connectivity index (χ1n) is 7.04. The van der Waals surface area contributed by atoms with E-state index in [0.717, 1.165) is 12.8 Å². The summed E-state index contributed by atoms with van der Waals surface area (Å²) in [6.45, 7) is 6.22. The van der Waals surface area contributed by atoms with Gasteiger partial charge in [0, 0.05) is 11.6 Å². The van der Waals surface area contributed by atoms with Gasteiger partial charge in [-0.15, -0.1) is 0 Å². The minimum Gasteiger partial charge on any atom is -0.463 e. The smallest absolute Gasteiger partial charge is 0.333 e. The Morgan fingerprint density at radius 1 is 1.42 bits per heavy atom. The Balaban J connectivity index is 2.17. The van der Waals surface area contributed by atoms with Crippen molar-refractivity contribution in [3.8, 4) is 0 Å². The van der Waals surface area contributed by atoms with Crippen LogP contribution in [0.5, 0.6) is 0 Å². The van der Waals surface area contributed by atoms with Crippen molar-refractivity contribution in [1.29, 1.82) is 0 Å². The van der Waals surface area contributed by atoms with E-state index >= 15 is 0 Å². The van der Waals surface area contributed by atoms with Crippen LogP contribution in [-0.4, -0.2) is 36.6 Å². The fraction of sp³-hybridized carbons (Fsp3) is 0.786. The van der Waals surface area contributed by atoms with Crippen LogP contribution in [0.3, 0.4) is 0 Å². The molecule has 0 bridgehead atoms. The quantitative estimate of drug-likeness (QED) is 0.783. The number of rotatable bonds is 4. The zero-order valence-corrected chi connectivity index (χ0v) is 11.8. The van der Waals surface area contributed by atoms with Gasteiger partial charge in [0.2, 0.25) is 0 Å². The van der Waals surface area contributed by atoms with Crippen molar-refractivity contribution in [2.45, 2.75) is 64.1 Å². The molecule has 1 saturated heterocycles. The Bertz CT molecular complexity index is 376. The molecule has 0 aromatic rings. The molecule has 1 heterocycles. The standard InChI is InChI=1S/C14H23NO4/c1-4-14(5-2)18-11-8-9(13(16)17-6-3)7-10(15)12(11)19-14/h8,10-12H,4-7,15H2,1-3H3/t10-,11-,12+/m1/s1. The number of hydrogen-bond acceptors (Lipinski definition) is 5. The summed E-state index contributed by atoms with van der Waals surface area (Å²) in [5.74, 6) is -0.862. The van der Waals surface area contributed by atoms with E-state index in [-0.39, 0.29) is 24.2 Å². The summed E-state index contributed by atoms with van der Waals surface area (Å²) < 4.78 is 17.0. The largest absolute Gasteiger partial charge is 0.463 e. The monoisotopic (exact) mass is 269 g/mol. The van der Waals surface area contributed by atoms with Crippen molar-refractivity contribution in [3.63, 3.8) is 0 Å². The van der Waals surface area contributed by atoms with Gasteiger partial charge in [0.1, 0.15) is 12.2 Å². The molecule has 2 rings (SSSR count). The van der Waals surface area contributed by atoms with Crippen molar-refractivity contribution < 1.29 is 19.0 Å². The summed E-state index contributed by atoms with van der Waals surface area (Å²) in [5.41, 5.74) is 6.72. The third-order valence-electron chi connectivity index (χ3n) is 3.88. The molecule has 0 radical (unpaired) electrons. The Morgan fingerprint density at radius 3 is 2.68 bits per heavy atom. The lowest BCUT2D eigenvalue weighted by Crippen LogP contribution is -2.45. The average molecular weight is 269 g/mol. The van der Waals surface area contributed by atoms with Crippen LogP contribution in [0.15, 0.2) is 11.6 Å². The van der Waals surface area contributed by atoms with E-state index in [9.17, 15) is 4.79 Å². The molecule has 2 N–H and O–H groups in total. The summed E-state index contributed by atoms with van der Waals surface area (Å²) in [4.78, 5) is 11.8. The van der Waals surface area contributed by atoms with Crippen LogP contribution < -0.4 is 5.73 Å². The highest BCUT2D eigenvalue weighted by Crippen LogP contribution is 2.39. The Labute approximate surface area is 114 Å². The maximum Gasteiger partial charge on any atom is 0.333 e. The maximum absolute atomic E-state index is 11.8. The van der Waals surface area contributed by atoms with Gasteiger partial charge in [0.15, 0.2) is 5.79 Å². The lowest BCUT2D eigenvalue weighted by Gasteiger charge is -2.27. The molecule has 3 atom stereocenters. The zero-order valence-electron chi connectivity index (χ0n) is 11.8. The molecule has 0 saturated carbocycles. The molecule has 5 heteroatoms. The number of carbonyl (C=O) groups is 1. The van der Waals surface area contributed by atoms with Gasteiger partial charge in [-0.2, -0.15) is 0 Å². The normalized spacial score (nSPS) is 32.6. The van der Waals surface area contributed by atoms with Gasteiger partial charge < -0.3 is 19.9 Å². The highest BCUT2D eigenvalue weighted by Gasteiger charge is 2.49. The summed E-state index contributed by atoms with van der Waals surface area (Å²) in [6.07, 6.45) is 3.42. The molecule has 0 amide bonds. The number of fused-ring (bicyclic) bond motifs is 1. The maximum atomic E-state index is 11.8. The van der Waals surface area contributed by atoms with E-state index in [4.69, 9.17) is 19.9 Å². The number of nitrogens with two attached hydrogens (primary N) is 1. The van der Waals surface area contributed by atoms with Crippen molar-refractivity contribution in [3.05, 3.63) is 11.6 Å². The molecule has 0 unspecified atom stereocenters. The highest BCUT2D eigenvalue weighted by atomic mass is 16.8. The second-order valence-corrected chi connectivity index (χ2v) is 5.06. The first-order valence-corrected chi connectivity index (χ1v) is 7.04. The van der Waals surface area contributed by atoms with Gasteiger partial charge in [-0.05, 0) is 32.3 Å². The van der Waals surface area contributed by atoms with Crippen LogP contribution in [0.2, 0.25) is 0 Å². The molecule has 5 nitrogen and oxygen atoms in total. The first-order chi connectivity index (χ1) is 9.05. The third kappa shape index (κ3) is 2.68. The molecule has 1 aliphatic carbocycles. The lowest BCUT2D eigenvalue weighted by atomic mass is 9.91. The summed E-state index contributed by atoms with van der Waals surface area (Å²) in [7, 11) is 0. The Morgan fingerprint density at radius 2 is 2.11 bits per heavy atom. The van der Waals surface area contributed by atoms with Gasteiger partial charge in [-0.3, -0.25) is 0 Å². The Hall–Kier alpha value is -0.910. The van der Waals surface area contributed by atoms with Gasteiger partial charge in [0.25, 0.3) is 0 Å². The molecule has 2 aliphatic rings. The molecule has 0 aromatic carbocycles. The zero-order chi connectivity index (χ0) is 14.0. The molecule has 0 spiro atoms. The Kier molecular flexibility index (Phi) is 4.28. The number of esters is 1. The SMILES string of the molecule is CCOC(=O)C1=C[C@H]2OC(CC)(CC)O[C@H]2[C@H](N)C1. The van der Waals surface area contributed by atoms with Crippen LogP contribution in [-0.2, 0) is 19.0 Å². The second kappa shape index (κ2) is 5.61. The van der Waals surface area contributed by atoms with E-state index in [0.29, 0.717) is 18.6 Å². The topological polar surface area (TPSA) is 70.8 Å². The number of ether oxygens (including phenoxy) is 3. The van der Waals surface area contributed by atoms with Gasteiger partial charge >= 0.3 is 5.97 Å². The third-order valence-corrected chi connectivity index (χ3v) is 3.88. The molecular formula is C14H23NO4. The van der Waals surface area contributed by atoms with Gasteiger partial charge in [-0.1, -0.05) is 13.8 Å². The molecule has 0 aromatic heterocycles. The number of carbonyl (C=O) groups excluding carboxylic acids is 1. The molecule has 1 aliphatic heterocycles. The summed E-state index contributed by atoms with van der Waals surface area (Å²) >= 11 is 0. The van der Waals surface area contributed by atoms with Gasteiger partial charge in [0.05, 0.1) is 6.61 Å². The molecular weight excluding hydrogens is 246 g/mol. The fourth-order valence-electron chi connectivity index (χ4n) is 2.71. The highest BCUT2D eigenvalue weighted by molar-refractivity contribution is 5.89. The van der Waals surface area contributed by atoms with Crippen LogP contribution >= 0.6 is 0 Å². The second-order valence-electron chi connectivity index (χ2n) is 5.06. The van der Waals surface area contributed by atoms with Crippen LogP contribution in [0.4, 0.5) is 0 Å². The number of hydrogen-bond donors (Lipinski definition) is 1. The van der Waals surface area contributed by atoms with Crippen molar-refractivity contribution in [1.82, 2.24) is 0 Å². The first kappa shape index (κ1) is 14.5. The van der Waals surface area contributed by atoms with Crippen molar-refractivity contribution >= 4 is 5.97 Å². The minimum atomic E-state index is -0.562. The fourth-order valence-corrected chi connectivity index (χ4v) is 2.71. The molecule has 108 valence electrons. The van der Waals surface area contributed by atoms with E-state index in [2.05, 4.69) is 0 Å². The van der Waals surface area contributed by atoms with E-state index in [1.54, 1.807) is 6.92 Å². The average Bonchev–Trinajstić information content (AvgIpc) is 2.79.